The maximum absolute atomic E-state index is 13.9. The highest BCUT2D eigenvalue weighted by molar-refractivity contribution is 5.71. The van der Waals surface area contributed by atoms with Crippen LogP contribution in [0.1, 0.15) is 37.7 Å². The summed E-state index contributed by atoms with van der Waals surface area (Å²) in [7, 11) is 1.34. The number of benzene rings is 1. The van der Waals surface area contributed by atoms with Crippen LogP contribution in [0, 0.1) is 17.1 Å². The third kappa shape index (κ3) is 4.71. The molecule has 2 atom stereocenters. The number of hydrogen-bond acceptors (Lipinski definition) is 4. The van der Waals surface area contributed by atoms with Crippen LogP contribution >= 0.6 is 0 Å². The van der Waals surface area contributed by atoms with Crippen LogP contribution in [0.4, 0.5) is 8.78 Å². The van der Waals surface area contributed by atoms with Crippen LogP contribution in [0.15, 0.2) is 18.2 Å². The molecule has 0 N–H and O–H groups in total. The maximum atomic E-state index is 13.9. The summed E-state index contributed by atoms with van der Waals surface area (Å²) >= 11 is 0. The summed E-state index contributed by atoms with van der Waals surface area (Å²) in [5, 5.41) is 9.14. The number of carbonyl (C=O) groups is 1. The van der Waals surface area contributed by atoms with Gasteiger partial charge in [0.05, 0.1) is 25.5 Å². The number of nitriles is 1. The lowest BCUT2D eigenvalue weighted by molar-refractivity contribution is -0.158. The van der Waals surface area contributed by atoms with Crippen LogP contribution in [0.25, 0.3) is 0 Å². The highest BCUT2D eigenvalue weighted by atomic mass is 19.1. The number of halogens is 2. The molecule has 0 heterocycles. The van der Waals surface area contributed by atoms with Crippen LogP contribution < -0.4 is 4.74 Å². The lowest BCUT2D eigenvalue weighted by atomic mass is 9.95. The number of methoxy groups -OCH3 is 1. The molecule has 21 heavy (non-hydrogen) atoms. The average molecular weight is 297 g/mol. The summed E-state index contributed by atoms with van der Waals surface area (Å²) in [5.74, 6) is -2.46. The quantitative estimate of drug-likeness (QED) is 0.723. The highest BCUT2D eigenvalue weighted by Gasteiger charge is 2.25. The molecule has 0 fully saturated rings. The van der Waals surface area contributed by atoms with Crippen molar-refractivity contribution >= 4 is 5.97 Å². The molecule has 0 saturated heterocycles. The minimum Gasteiger partial charge on any atom is -0.496 e. The number of carbonyl (C=O) groups excluding carboxylic acids is 1. The summed E-state index contributed by atoms with van der Waals surface area (Å²) in [6, 6.07) is 5.92. The van der Waals surface area contributed by atoms with Gasteiger partial charge in [0.15, 0.2) is 0 Å². The van der Waals surface area contributed by atoms with E-state index >= 15 is 0 Å². The summed E-state index contributed by atoms with van der Waals surface area (Å²) in [5.41, 5.74) is -0.0228. The fourth-order valence-electron chi connectivity index (χ4n) is 1.89. The van der Waals surface area contributed by atoms with Crippen molar-refractivity contribution < 1.29 is 23.0 Å². The van der Waals surface area contributed by atoms with Crippen molar-refractivity contribution in [3.05, 3.63) is 29.6 Å². The van der Waals surface area contributed by atoms with Gasteiger partial charge in [-0.2, -0.15) is 5.26 Å². The Labute approximate surface area is 122 Å². The normalized spacial score (nSPS) is 13.1. The molecule has 0 amide bonds. The molecule has 0 aliphatic carbocycles. The van der Waals surface area contributed by atoms with E-state index in [1.807, 2.05) is 6.07 Å². The fourth-order valence-corrected chi connectivity index (χ4v) is 1.89. The molecule has 0 bridgehead atoms. The molecule has 0 radical (unpaired) electrons. The molecule has 1 rings (SSSR count). The van der Waals surface area contributed by atoms with E-state index in [-0.39, 0.29) is 17.7 Å². The zero-order valence-corrected chi connectivity index (χ0v) is 11.9. The minimum absolute atomic E-state index is 0.0228. The molecule has 4 nitrogen and oxygen atoms in total. The molecule has 6 heteroatoms. The second-order valence-corrected chi connectivity index (χ2v) is 4.43. The Morgan fingerprint density at radius 1 is 1.48 bits per heavy atom. The number of hydrogen-bond donors (Lipinski definition) is 0. The number of ether oxygens (including phenoxy) is 2. The Balaban J connectivity index is 2.85. The Kier molecular flexibility index (Phi) is 6.60. The van der Waals surface area contributed by atoms with E-state index in [1.54, 1.807) is 6.92 Å². The van der Waals surface area contributed by atoms with Gasteiger partial charge in [-0.15, -0.1) is 0 Å². The van der Waals surface area contributed by atoms with E-state index in [9.17, 15) is 13.6 Å². The van der Waals surface area contributed by atoms with Crippen molar-refractivity contribution in [2.45, 2.75) is 38.5 Å². The molecule has 0 aromatic heterocycles. The van der Waals surface area contributed by atoms with E-state index < -0.39 is 30.5 Å². The lowest BCUT2D eigenvalue weighted by Gasteiger charge is -2.15. The zero-order chi connectivity index (χ0) is 15.8. The number of rotatable bonds is 7. The van der Waals surface area contributed by atoms with Gasteiger partial charge in [0.25, 0.3) is 0 Å². The van der Waals surface area contributed by atoms with Crippen molar-refractivity contribution in [1.82, 2.24) is 0 Å². The standard InChI is InChI=1S/C15H17F2NO3/c1-3-5-13(17)21-14(19)8-10(9-18)15-11(16)6-4-7-12(15)20-2/h4,6-7,10,13H,3,5,8H2,1-2H3. The molecule has 0 aliphatic heterocycles. The third-order valence-corrected chi connectivity index (χ3v) is 2.88. The van der Waals surface area contributed by atoms with E-state index in [1.165, 1.54) is 25.3 Å². The second kappa shape index (κ2) is 8.20. The van der Waals surface area contributed by atoms with Gasteiger partial charge in [0.1, 0.15) is 11.6 Å². The Hall–Kier alpha value is -2.16. The first-order valence-corrected chi connectivity index (χ1v) is 6.59. The average Bonchev–Trinajstić information content (AvgIpc) is 2.45. The van der Waals surface area contributed by atoms with Gasteiger partial charge < -0.3 is 9.47 Å². The van der Waals surface area contributed by atoms with E-state index in [0.29, 0.717) is 6.42 Å². The van der Waals surface area contributed by atoms with Gasteiger partial charge in [-0.25, -0.2) is 8.78 Å². The predicted octanol–water partition coefficient (Wildman–Crippen LogP) is 3.47. The van der Waals surface area contributed by atoms with Gasteiger partial charge in [-0.1, -0.05) is 13.0 Å². The minimum atomic E-state index is -1.70. The predicted molar refractivity (Wildman–Crippen MR) is 71.8 cm³/mol. The van der Waals surface area contributed by atoms with E-state index in [0.717, 1.165) is 0 Å². The van der Waals surface area contributed by atoms with Gasteiger partial charge in [0, 0.05) is 12.0 Å². The summed E-state index contributed by atoms with van der Waals surface area (Å²) < 4.78 is 36.6. The Morgan fingerprint density at radius 3 is 2.76 bits per heavy atom. The van der Waals surface area contributed by atoms with Gasteiger partial charge in [-0.3, -0.25) is 4.79 Å². The van der Waals surface area contributed by atoms with E-state index in [2.05, 4.69) is 4.74 Å². The molecule has 0 saturated carbocycles. The van der Waals surface area contributed by atoms with Crippen LogP contribution in [0.3, 0.4) is 0 Å². The monoisotopic (exact) mass is 297 g/mol. The maximum Gasteiger partial charge on any atom is 0.309 e. The molecule has 1 aromatic rings. The van der Waals surface area contributed by atoms with Crippen molar-refractivity contribution in [2.75, 3.05) is 7.11 Å². The Morgan fingerprint density at radius 2 is 2.19 bits per heavy atom. The van der Waals surface area contributed by atoms with Gasteiger partial charge >= 0.3 is 5.97 Å². The van der Waals surface area contributed by atoms with Crippen molar-refractivity contribution in [3.63, 3.8) is 0 Å². The van der Waals surface area contributed by atoms with Crippen LogP contribution in [0.5, 0.6) is 5.75 Å². The first-order valence-electron chi connectivity index (χ1n) is 6.59. The molecule has 0 spiro atoms. The third-order valence-electron chi connectivity index (χ3n) is 2.88. The van der Waals surface area contributed by atoms with Gasteiger partial charge in [-0.05, 0) is 18.6 Å². The first-order chi connectivity index (χ1) is 10.0. The number of nitrogens with zero attached hydrogens (tertiary/aromatic N) is 1. The summed E-state index contributed by atoms with van der Waals surface area (Å²) in [4.78, 5) is 11.6. The number of alkyl halides is 1. The largest absolute Gasteiger partial charge is 0.496 e. The highest BCUT2D eigenvalue weighted by Crippen LogP contribution is 2.31. The van der Waals surface area contributed by atoms with Crippen molar-refractivity contribution in [3.8, 4) is 11.8 Å². The van der Waals surface area contributed by atoms with Crippen LogP contribution in [0.2, 0.25) is 0 Å². The molecule has 2 unspecified atom stereocenters. The van der Waals surface area contributed by atoms with Gasteiger partial charge in [0.2, 0.25) is 6.36 Å². The van der Waals surface area contributed by atoms with E-state index in [4.69, 9.17) is 10.00 Å². The molecule has 0 aliphatic rings. The topological polar surface area (TPSA) is 59.3 Å². The molecule has 1 aromatic carbocycles. The SMILES string of the molecule is CCCC(F)OC(=O)CC(C#N)c1c(F)cccc1OC. The second-order valence-electron chi connectivity index (χ2n) is 4.43. The Bertz CT molecular complexity index is 528. The van der Waals surface area contributed by atoms with Crippen molar-refractivity contribution in [1.29, 1.82) is 5.26 Å². The summed E-state index contributed by atoms with van der Waals surface area (Å²) in [6.45, 7) is 1.75. The smallest absolute Gasteiger partial charge is 0.309 e. The molecular weight excluding hydrogens is 280 g/mol. The molecular formula is C15H17F2NO3. The fraction of sp³-hybridized carbons (Fsp3) is 0.467. The van der Waals surface area contributed by atoms with Crippen LogP contribution in [-0.2, 0) is 9.53 Å². The first kappa shape index (κ1) is 16.9. The zero-order valence-electron chi connectivity index (χ0n) is 11.9. The molecule has 114 valence electrons. The summed E-state index contributed by atoms with van der Waals surface area (Å²) in [6.07, 6.45) is -1.52. The lowest BCUT2D eigenvalue weighted by Crippen LogP contribution is -2.16. The van der Waals surface area contributed by atoms with Crippen LogP contribution in [-0.4, -0.2) is 19.4 Å². The number of esters is 1. The van der Waals surface area contributed by atoms with Crippen molar-refractivity contribution in [2.24, 2.45) is 0 Å².